The molecule has 0 aliphatic carbocycles. The number of hydrazone groups is 1. The van der Waals surface area contributed by atoms with E-state index in [1.165, 1.54) is 14.2 Å². The summed E-state index contributed by atoms with van der Waals surface area (Å²) in [5.74, 6) is 0.349. The first-order valence-corrected chi connectivity index (χ1v) is 11.6. The number of nitrogens with zero attached hydrogens (tertiary/aromatic N) is 2. The minimum absolute atomic E-state index is 0.111. The molecule has 0 unspecified atom stereocenters. The van der Waals surface area contributed by atoms with Gasteiger partial charge in [-0.1, -0.05) is 34.1 Å². The molecule has 0 aliphatic heterocycles. The molecule has 3 aromatic heterocycles. The zero-order chi connectivity index (χ0) is 25.2. The smallest absolute Gasteiger partial charge is 0.373 e. The topological polar surface area (TPSA) is 108 Å². The predicted molar refractivity (Wildman–Crippen MR) is 137 cm³/mol. The summed E-state index contributed by atoms with van der Waals surface area (Å²) < 4.78 is 24.1. The third kappa shape index (κ3) is 4.50. The molecule has 0 spiro atoms. The number of benzene rings is 2. The number of amides is 1. The van der Waals surface area contributed by atoms with Crippen molar-refractivity contribution in [2.45, 2.75) is 6.54 Å². The number of aromatic nitrogens is 1. The number of ether oxygens (including phenoxy) is 2. The largest absolute Gasteiger partial charge is 0.493 e. The molecule has 3 heterocycles. The number of carbonyl (C=O) groups excluding carboxylic acids is 2. The Morgan fingerprint density at radius 1 is 1.08 bits per heavy atom. The second kappa shape index (κ2) is 9.74. The monoisotopic (exact) mass is 549 g/mol. The standard InChI is InChI=1S/C26H20BrN3O6/c1-33-22-11-17(27)9-15-10-23(36-24(15)22)25(31)29-28-12-16-13-30(20-6-4-3-5-19(16)20)14-18-7-8-21(35-18)26(32)34-2/h3-13H,14H2,1-2H3,(H,29,31)/b28-12-. The summed E-state index contributed by atoms with van der Waals surface area (Å²) in [6.45, 7) is 0.397. The molecule has 9 nitrogen and oxygen atoms in total. The summed E-state index contributed by atoms with van der Waals surface area (Å²) in [5.41, 5.74) is 4.72. The van der Waals surface area contributed by atoms with E-state index in [0.717, 1.165) is 26.3 Å². The molecule has 5 rings (SSSR count). The van der Waals surface area contributed by atoms with Crippen molar-refractivity contribution >= 4 is 55.9 Å². The Hall–Kier alpha value is -4.31. The molecule has 36 heavy (non-hydrogen) atoms. The molecule has 0 saturated carbocycles. The summed E-state index contributed by atoms with van der Waals surface area (Å²) in [4.78, 5) is 24.3. The van der Waals surface area contributed by atoms with E-state index in [2.05, 4.69) is 26.5 Å². The van der Waals surface area contributed by atoms with Crippen molar-refractivity contribution in [3.8, 4) is 5.75 Å². The lowest BCUT2D eigenvalue weighted by molar-refractivity contribution is 0.0562. The lowest BCUT2D eigenvalue weighted by Gasteiger charge is -2.02. The second-order valence-corrected chi connectivity index (χ2v) is 8.74. The quantitative estimate of drug-likeness (QED) is 0.166. The molecule has 0 aliphatic rings. The minimum Gasteiger partial charge on any atom is -0.493 e. The number of hydrogen-bond donors (Lipinski definition) is 1. The normalized spacial score (nSPS) is 11.4. The average molecular weight is 550 g/mol. The molecule has 0 radical (unpaired) electrons. The van der Waals surface area contributed by atoms with Crippen molar-refractivity contribution in [3.63, 3.8) is 0 Å². The Morgan fingerprint density at radius 3 is 2.72 bits per heavy atom. The van der Waals surface area contributed by atoms with Crippen molar-refractivity contribution in [2.24, 2.45) is 5.10 Å². The highest BCUT2D eigenvalue weighted by Gasteiger charge is 2.16. The van der Waals surface area contributed by atoms with Crippen molar-refractivity contribution < 1.29 is 27.9 Å². The van der Waals surface area contributed by atoms with Crippen LogP contribution in [-0.4, -0.2) is 36.9 Å². The van der Waals surface area contributed by atoms with Crippen LogP contribution in [0.3, 0.4) is 0 Å². The van der Waals surface area contributed by atoms with Crippen LogP contribution in [0.2, 0.25) is 0 Å². The van der Waals surface area contributed by atoms with Crippen LogP contribution in [0, 0.1) is 0 Å². The molecule has 2 aromatic carbocycles. The van der Waals surface area contributed by atoms with E-state index in [1.807, 2.05) is 41.1 Å². The molecule has 1 amide bonds. The van der Waals surface area contributed by atoms with Gasteiger partial charge in [0.1, 0.15) is 5.76 Å². The zero-order valence-electron chi connectivity index (χ0n) is 19.3. The van der Waals surface area contributed by atoms with E-state index in [-0.39, 0.29) is 11.5 Å². The summed E-state index contributed by atoms with van der Waals surface area (Å²) in [6.07, 6.45) is 3.46. The number of rotatable bonds is 7. The summed E-state index contributed by atoms with van der Waals surface area (Å²) >= 11 is 3.42. The highest BCUT2D eigenvalue weighted by atomic mass is 79.9. The average Bonchev–Trinajstić information content (AvgIpc) is 3.61. The van der Waals surface area contributed by atoms with E-state index < -0.39 is 11.9 Å². The number of methoxy groups -OCH3 is 2. The van der Waals surface area contributed by atoms with Gasteiger partial charge in [0.05, 0.1) is 27.0 Å². The Labute approximate surface area is 213 Å². The van der Waals surface area contributed by atoms with Gasteiger partial charge in [0.15, 0.2) is 17.1 Å². The molecule has 0 bridgehead atoms. The Morgan fingerprint density at radius 2 is 1.92 bits per heavy atom. The van der Waals surface area contributed by atoms with Crippen LogP contribution in [0.4, 0.5) is 0 Å². The SMILES string of the molecule is COC(=O)c1ccc(Cn2cc(/C=N\NC(=O)c3cc4cc(Br)cc(OC)c4o3)c3ccccc32)o1. The fourth-order valence-electron chi connectivity index (χ4n) is 3.91. The molecule has 0 saturated heterocycles. The lowest BCUT2D eigenvalue weighted by Crippen LogP contribution is -2.16. The van der Waals surface area contributed by atoms with Gasteiger partial charge < -0.3 is 22.9 Å². The van der Waals surface area contributed by atoms with Gasteiger partial charge in [-0.2, -0.15) is 5.10 Å². The number of nitrogens with one attached hydrogen (secondary N) is 1. The Bertz CT molecular complexity index is 1630. The maximum absolute atomic E-state index is 12.7. The number of fused-ring (bicyclic) bond motifs is 2. The zero-order valence-corrected chi connectivity index (χ0v) is 20.9. The number of carbonyl (C=O) groups is 2. The van der Waals surface area contributed by atoms with Gasteiger partial charge in [0.2, 0.25) is 5.76 Å². The van der Waals surface area contributed by atoms with E-state index in [0.29, 0.717) is 23.6 Å². The molecular weight excluding hydrogens is 530 g/mol. The van der Waals surface area contributed by atoms with Gasteiger partial charge in [-0.25, -0.2) is 10.2 Å². The minimum atomic E-state index is -0.530. The highest BCUT2D eigenvalue weighted by molar-refractivity contribution is 9.10. The number of furan rings is 2. The number of halogens is 1. The Balaban J connectivity index is 1.36. The van der Waals surface area contributed by atoms with Gasteiger partial charge in [0, 0.05) is 32.5 Å². The van der Waals surface area contributed by atoms with Gasteiger partial charge in [-0.15, -0.1) is 0 Å². The van der Waals surface area contributed by atoms with Crippen molar-refractivity contribution in [1.29, 1.82) is 0 Å². The van der Waals surface area contributed by atoms with Gasteiger partial charge in [-0.05, 0) is 36.4 Å². The lowest BCUT2D eigenvalue weighted by atomic mass is 10.2. The van der Waals surface area contributed by atoms with E-state index in [4.69, 9.17) is 18.3 Å². The van der Waals surface area contributed by atoms with Crippen molar-refractivity contribution in [3.05, 3.63) is 88.1 Å². The molecule has 5 aromatic rings. The molecule has 0 fully saturated rings. The molecular formula is C26H20BrN3O6. The predicted octanol–water partition coefficient (Wildman–Crippen LogP) is 5.35. The van der Waals surface area contributed by atoms with Crippen LogP contribution in [0.1, 0.15) is 32.4 Å². The first-order chi connectivity index (χ1) is 17.5. The van der Waals surface area contributed by atoms with Crippen molar-refractivity contribution in [2.75, 3.05) is 14.2 Å². The number of esters is 1. The number of para-hydroxylation sites is 1. The van der Waals surface area contributed by atoms with Crippen LogP contribution in [0.25, 0.3) is 21.9 Å². The van der Waals surface area contributed by atoms with Crippen LogP contribution >= 0.6 is 15.9 Å². The molecule has 182 valence electrons. The molecule has 10 heteroatoms. The first kappa shape index (κ1) is 23.4. The van der Waals surface area contributed by atoms with E-state index >= 15 is 0 Å². The van der Waals surface area contributed by atoms with Gasteiger partial charge >= 0.3 is 11.9 Å². The molecule has 1 N–H and O–H groups in total. The van der Waals surface area contributed by atoms with Crippen LogP contribution in [0.5, 0.6) is 5.75 Å². The van der Waals surface area contributed by atoms with Gasteiger partial charge in [-0.3, -0.25) is 4.79 Å². The van der Waals surface area contributed by atoms with Crippen molar-refractivity contribution in [1.82, 2.24) is 9.99 Å². The summed E-state index contributed by atoms with van der Waals surface area (Å²) in [5, 5.41) is 5.80. The maximum Gasteiger partial charge on any atom is 0.373 e. The third-order valence-electron chi connectivity index (χ3n) is 5.55. The first-order valence-electron chi connectivity index (χ1n) is 10.8. The van der Waals surface area contributed by atoms with Crippen LogP contribution in [0.15, 0.2) is 79.2 Å². The van der Waals surface area contributed by atoms with Crippen LogP contribution < -0.4 is 10.2 Å². The fraction of sp³-hybridized carbons (Fsp3) is 0.115. The number of hydrogen-bond acceptors (Lipinski definition) is 7. The molecule has 0 atom stereocenters. The summed E-state index contributed by atoms with van der Waals surface area (Å²) in [6, 6.07) is 16.3. The van der Waals surface area contributed by atoms with E-state index in [9.17, 15) is 9.59 Å². The third-order valence-corrected chi connectivity index (χ3v) is 6.01. The highest BCUT2D eigenvalue weighted by Crippen LogP contribution is 2.32. The van der Waals surface area contributed by atoms with Crippen LogP contribution in [-0.2, 0) is 11.3 Å². The summed E-state index contributed by atoms with van der Waals surface area (Å²) in [7, 11) is 2.84. The van der Waals surface area contributed by atoms with E-state index in [1.54, 1.807) is 30.5 Å². The second-order valence-electron chi connectivity index (χ2n) is 7.82. The fourth-order valence-corrected chi connectivity index (χ4v) is 4.37. The maximum atomic E-state index is 12.7. The Kier molecular flexibility index (Phi) is 6.34. The van der Waals surface area contributed by atoms with Gasteiger partial charge in [0.25, 0.3) is 0 Å².